The molecule has 0 spiro atoms. The highest BCUT2D eigenvalue weighted by Gasteiger charge is 2.26. The van der Waals surface area contributed by atoms with E-state index in [1.54, 1.807) is 24.3 Å². The van der Waals surface area contributed by atoms with Crippen molar-refractivity contribution in [2.45, 2.75) is 38.3 Å². The first kappa shape index (κ1) is 29.3. The molecule has 0 fully saturated rings. The lowest BCUT2D eigenvalue weighted by molar-refractivity contribution is -0.137. The Balaban J connectivity index is 1.49. The van der Waals surface area contributed by atoms with Gasteiger partial charge in [0.25, 0.3) is 5.91 Å². The van der Waals surface area contributed by atoms with E-state index in [0.29, 0.717) is 12.3 Å². The molecule has 4 rings (SSSR count). The normalized spacial score (nSPS) is 16.7. The number of carbonyl (C=O) groups is 4. The fourth-order valence-electron chi connectivity index (χ4n) is 4.60. The van der Waals surface area contributed by atoms with E-state index in [1.165, 1.54) is 10.5 Å². The molecule has 1 aliphatic heterocycles. The molecule has 1 aliphatic rings. The Morgan fingerprint density at radius 1 is 0.902 bits per heavy atom. The second-order valence-electron chi connectivity index (χ2n) is 9.87. The Hall–Kier alpha value is -4.66. The van der Waals surface area contributed by atoms with Gasteiger partial charge in [0.1, 0.15) is 18.4 Å². The average molecular weight is 557 g/mol. The molecule has 3 aromatic carbocycles. The zero-order valence-electron chi connectivity index (χ0n) is 23.0. The molecule has 1 heterocycles. The molecule has 0 aromatic heterocycles. The maximum Gasteiger partial charge on any atom is 0.255 e. The van der Waals surface area contributed by atoms with Gasteiger partial charge in [-0.25, -0.2) is 0 Å². The number of ether oxygens (including phenoxy) is 1. The van der Waals surface area contributed by atoms with Gasteiger partial charge in [-0.15, -0.1) is 0 Å². The number of nitrogens with one attached hydrogen (secondary N) is 3. The Morgan fingerprint density at radius 2 is 1.59 bits per heavy atom. The number of rotatable bonds is 7. The molecule has 214 valence electrons. The first-order valence-electron chi connectivity index (χ1n) is 13.9. The highest BCUT2D eigenvalue weighted by molar-refractivity contribution is 5.99. The molecule has 3 N–H and O–H groups in total. The summed E-state index contributed by atoms with van der Waals surface area (Å²) < 4.78 is 5.79. The van der Waals surface area contributed by atoms with Crippen LogP contribution >= 0.6 is 0 Å². The van der Waals surface area contributed by atoms with E-state index in [9.17, 15) is 19.2 Å². The van der Waals surface area contributed by atoms with Crippen LogP contribution in [-0.4, -0.2) is 60.8 Å². The summed E-state index contributed by atoms with van der Waals surface area (Å²) in [5.74, 6) is -1.10. The highest BCUT2D eigenvalue weighted by atomic mass is 16.5. The number of para-hydroxylation sites is 1. The molecule has 0 radical (unpaired) electrons. The monoisotopic (exact) mass is 556 g/mol. The summed E-state index contributed by atoms with van der Waals surface area (Å²) >= 11 is 0. The minimum atomic E-state index is -0.950. The molecular formula is C32H36N4O5. The topological polar surface area (TPSA) is 117 Å². The first-order chi connectivity index (χ1) is 20.0. The van der Waals surface area contributed by atoms with E-state index in [4.69, 9.17) is 4.74 Å². The van der Waals surface area contributed by atoms with Crippen LogP contribution in [0.1, 0.15) is 40.7 Å². The lowest BCUT2D eigenvalue weighted by Gasteiger charge is -2.24. The quantitative estimate of drug-likeness (QED) is 0.387. The molecule has 0 unspecified atom stereocenters. The van der Waals surface area contributed by atoms with Crippen LogP contribution < -0.4 is 20.7 Å². The van der Waals surface area contributed by atoms with Crippen LogP contribution in [0.5, 0.6) is 5.75 Å². The van der Waals surface area contributed by atoms with E-state index in [1.807, 2.05) is 60.7 Å². The molecular weight excluding hydrogens is 520 g/mol. The molecule has 1 atom stereocenters. The molecule has 9 nitrogen and oxygen atoms in total. The van der Waals surface area contributed by atoms with E-state index in [-0.39, 0.29) is 62.4 Å². The van der Waals surface area contributed by atoms with Crippen LogP contribution in [0.25, 0.3) is 0 Å². The van der Waals surface area contributed by atoms with E-state index in [2.05, 4.69) is 16.0 Å². The van der Waals surface area contributed by atoms with Gasteiger partial charge in [0, 0.05) is 19.5 Å². The Kier molecular flexibility index (Phi) is 10.9. The first-order valence-corrected chi connectivity index (χ1v) is 13.9. The average Bonchev–Trinajstić information content (AvgIpc) is 3.00. The predicted octanol–water partition coefficient (Wildman–Crippen LogP) is 2.85. The number of hydrogen-bond acceptors (Lipinski definition) is 5. The number of carbonyl (C=O) groups excluding carboxylic acids is 4. The van der Waals surface area contributed by atoms with Crippen molar-refractivity contribution in [3.05, 3.63) is 102 Å². The third-order valence-corrected chi connectivity index (χ3v) is 6.77. The van der Waals surface area contributed by atoms with Gasteiger partial charge in [-0.1, -0.05) is 72.8 Å². The molecule has 9 heteroatoms. The van der Waals surface area contributed by atoms with Gasteiger partial charge in [-0.2, -0.15) is 0 Å². The maximum absolute atomic E-state index is 13.3. The number of aryl methyl sites for hydroxylation is 1. The Labute approximate surface area is 240 Å². The summed E-state index contributed by atoms with van der Waals surface area (Å²) in [7, 11) is 0. The third kappa shape index (κ3) is 9.20. The van der Waals surface area contributed by atoms with E-state index < -0.39 is 11.9 Å². The molecule has 3 aromatic rings. The third-order valence-electron chi connectivity index (χ3n) is 6.77. The van der Waals surface area contributed by atoms with E-state index >= 15 is 0 Å². The lowest BCUT2D eigenvalue weighted by atomic mass is 10.1. The molecule has 0 aliphatic carbocycles. The fourth-order valence-corrected chi connectivity index (χ4v) is 4.60. The lowest BCUT2D eigenvalue weighted by Crippen LogP contribution is -2.48. The molecule has 0 saturated heterocycles. The van der Waals surface area contributed by atoms with Crippen LogP contribution in [-0.2, 0) is 27.3 Å². The second-order valence-corrected chi connectivity index (χ2v) is 9.87. The van der Waals surface area contributed by atoms with Crippen molar-refractivity contribution < 1.29 is 23.9 Å². The van der Waals surface area contributed by atoms with Crippen molar-refractivity contribution in [1.29, 1.82) is 0 Å². The van der Waals surface area contributed by atoms with Crippen LogP contribution in [0.2, 0.25) is 0 Å². The van der Waals surface area contributed by atoms with Gasteiger partial charge in [-0.3, -0.25) is 19.2 Å². The van der Waals surface area contributed by atoms with Crippen LogP contribution in [0, 0.1) is 0 Å². The van der Waals surface area contributed by atoms with Gasteiger partial charge in [-0.05, 0) is 42.5 Å². The number of nitrogens with zero attached hydrogens (tertiary/aromatic N) is 1. The second kappa shape index (κ2) is 15.2. The summed E-state index contributed by atoms with van der Waals surface area (Å²) in [5.41, 5.74) is 2.33. The summed E-state index contributed by atoms with van der Waals surface area (Å²) in [6.45, 7) is 0.878. The van der Waals surface area contributed by atoms with Crippen LogP contribution in [0.15, 0.2) is 84.9 Å². The molecule has 0 bridgehead atoms. The maximum atomic E-state index is 13.3. The summed E-state index contributed by atoms with van der Waals surface area (Å²) in [6.07, 6.45) is 1.58. The van der Waals surface area contributed by atoms with Crippen molar-refractivity contribution >= 4 is 23.6 Å². The summed E-state index contributed by atoms with van der Waals surface area (Å²) in [5, 5.41) is 8.50. The van der Waals surface area contributed by atoms with Crippen molar-refractivity contribution in [3.8, 4) is 5.75 Å². The van der Waals surface area contributed by atoms with Crippen LogP contribution in [0.3, 0.4) is 0 Å². The minimum absolute atomic E-state index is 0.0271. The minimum Gasteiger partial charge on any atom is -0.491 e. The summed E-state index contributed by atoms with van der Waals surface area (Å²) in [6, 6.07) is 25.2. The number of benzene rings is 3. The zero-order valence-corrected chi connectivity index (χ0v) is 23.0. The molecule has 4 amide bonds. The molecule has 0 saturated carbocycles. The Bertz CT molecular complexity index is 1320. The standard InChI is InChI=1S/C32H36N4O5/c37-29-23-36(22-25-12-5-2-6-13-25)30(38)18-17-27(32(40)34-19-9-14-24-10-3-1-4-11-24)35-31(39)26-15-7-8-16-28(26)41-21-20-33-29/h1-8,10-13,15-16,27H,9,14,17-23H2,(H,33,37)(H,34,40)(H,35,39)/t27-/m0/s1. The van der Waals surface area contributed by atoms with Gasteiger partial charge >= 0.3 is 0 Å². The van der Waals surface area contributed by atoms with Gasteiger partial charge in [0.05, 0.1) is 18.7 Å². The number of hydrogen-bond donors (Lipinski definition) is 3. The molecule has 41 heavy (non-hydrogen) atoms. The van der Waals surface area contributed by atoms with Crippen molar-refractivity contribution in [2.24, 2.45) is 0 Å². The SMILES string of the molecule is O=C1CN(Cc2ccccc2)C(=O)CC[C@@H](C(=O)NCCCc2ccccc2)NC(=O)c2ccccc2OCCN1. The van der Waals surface area contributed by atoms with Crippen molar-refractivity contribution in [3.63, 3.8) is 0 Å². The summed E-state index contributed by atoms with van der Waals surface area (Å²) in [4.78, 5) is 54.0. The van der Waals surface area contributed by atoms with E-state index in [0.717, 1.165) is 18.4 Å². The largest absolute Gasteiger partial charge is 0.491 e. The number of fused-ring (bicyclic) bond motifs is 1. The predicted molar refractivity (Wildman–Crippen MR) is 155 cm³/mol. The highest BCUT2D eigenvalue weighted by Crippen LogP contribution is 2.19. The number of amides is 4. The van der Waals surface area contributed by atoms with Gasteiger partial charge in [0.2, 0.25) is 17.7 Å². The smallest absolute Gasteiger partial charge is 0.255 e. The fraction of sp³-hybridized carbons (Fsp3) is 0.312. The Morgan fingerprint density at radius 3 is 2.34 bits per heavy atom. The van der Waals surface area contributed by atoms with Crippen LogP contribution in [0.4, 0.5) is 0 Å². The van der Waals surface area contributed by atoms with Gasteiger partial charge < -0.3 is 25.6 Å². The van der Waals surface area contributed by atoms with Gasteiger partial charge in [0.15, 0.2) is 0 Å². The van der Waals surface area contributed by atoms with Crippen molar-refractivity contribution in [1.82, 2.24) is 20.9 Å². The van der Waals surface area contributed by atoms with Crippen molar-refractivity contribution in [2.75, 3.05) is 26.2 Å². The zero-order chi connectivity index (χ0) is 28.9.